The molecule has 34 heteroatoms. The topological polar surface area (TPSA) is 487 Å². The van der Waals surface area contributed by atoms with Crippen molar-refractivity contribution in [3.05, 3.63) is 0 Å². The summed E-state index contributed by atoms with van der Waals surface area (Å²) in [4.78, 5) is 0. The van der Waals surface area contributed by atoms with Gasteiger partial charge in [0.1, 0.15) is 0 Å². The van der Waals surface area contributed by atoms with Crippen molar-refractivity contribution in [2.24, 2.45) is 0 Å². The van der Waals surface area contributed by atoms with Crippen molar-refractivity contribution in [1.82, 2.24) is 0 Å². The molecule has 0 spiro atoms. The molecule has 34 heavy (non-hydrogen) atoms. The quantitative estimate of drug-likeness (QED) is 0.203. The van der Waals surface area contributed by atoms with Gasteiger partial charge in [0.15, 0.2) is 0 Å². The second-order valence-corrected chi connectivity index (χ2v) is 17.4. The first-order chi connectivity index (χ1) is 11.2. The third-order valence-electron chi connectivity index (χ3n) is 0. The van der Waals surface area contributed by atoms with Gasteiger partial charge in [0.05, 0.1) is 0 Å². The van der Waals surface area contributed by atoms with Gasteiger partial charge in [-0.15, -0.1) is 0 Å². The Kier molecular flexibility index (Phi) is 27.5. The van der Waals surface area contributed by atoms with Crippen LogP contribution in [0.4, 0.5) is 0 Å². The van der Waals surface area contributed by atoms with Crippen LogP contribution in [0.2, 0.25) is 0 Å². The van der Waals surface area contributed by atoms with E-state index < -0.39 is 70.9 Å². The standard InChI is InChI=1S/2Bi.2Cu.25O.5Ru/q2*+3;2*+2;;;;;;;;;;;;;;;;10*-1;;;;;. The van der Waals surface area contributed by atoms with Gasteiger partial charge in [-0.3, -0.25) is 0 Å². The van der Waals surface area contributed by atoms with Gasteiger partial charge in [-0.2, -0.15) is 0 Å². The van der Waals surface area contributed by atoms with E-state index in [9.17, 15) is 0 Å². The third-order valence-corrected chi connectivity index (χ3v) is 0. The average Bonchev–Trinajstić information content (AvgIpc) is 1.67. The number of hydrogen-bond donors (Lipinski definition) is 0. The Morgan fingerprint density at radius 2 is 0.235 bits per heavy atom. The molecule has 0 N–H and O–H groups in total. The first kappa shape index (κ1) is 60.8. The minimum atomic E-state index is -7.72. The normalized spacial score (nSPS) is 16.5. The summed E-state index contributed by atoms with van der Waals surface area (Å²) in [6.07, 6.45) is 0. The van der Waals surface area contributed by atoms with Crippen molar-refractivity contribution in [2.75, 3.05) is 0 Å². The van der Waals surface area contributed by atoms with Crippen molar-refractivity contribution in [2.45, 2.75) is 0 Å². The summed E-state index contributed by atoms with van der Waals surface area (Å²) in [6, 6.07) is 0. The maximum absolute atomic E-state index is 8.64. The second-order valence-electron chi connectivity index (χ2n) is 2.95. The summed E-state index contributed by atoms with van der Waals surface area (Å²) in [7, 11) is 0. The van der Waals surface area contributed by atoms with Gasteiger partial charge in [0.25, 0.3) is 0 Å². The molecule has 0 aliphatic carbocycles. The van der Waals surface area contributed by atoms with Crippen molar-refractivity contribution in [3.63, 3.8) is 0 Å². The molecule has 0 amide bonds. The van der Waals surface area contributed by atoms with E-state index in [-0.39, 0.29) is 86.5 Å². The van der Waals surface area contributed by atoms with E-state index in [0.29, 0.717) is 0 Å². The molecular formula is Bi2Cu2O25Ru5. The van der Waals surface area contributed by atoms with E-state index in [1.165, 1.54) is 0 Å². The Hall–Kier alpha value is 2.52. The summed E-state index contributed by atoms with van der Waals surface area (Å²) < 4.78 is 216. The molecule has 25 nitrogen and oxygen atoms in total. The van der Waals surface area contributed by atoms with Gasteiger partial charge >= 0.3 is 250 Å². The van der Waals surface area contributed by atoms with Gasteiger partial charge in [0, 0.05) is 0 Å². The van der Waals surface area contributed by atoms with E-state index in [1.807, 2.05) is 0 Å². The molecule has 0 unspecified atom stereocenters. The molecule has 0 rings (SSSR count). The predicted molar refractivity (Wildman–Crippen MR) is 21.8 cm³/mol. The Labute approximate surface area is 246 Å². The Bertz CT molecular complexity index is 1260. The summed E-state index contributed by atoms with van der Waals surface area (Å²) >= 11 is -38.6. The molecule has 0 aromatic heterocycles. The first-order valence-corrected chi connectivity index (χ1v) is 21.3. The fourth-order valence-corrected chi connectivity index (χ4v) is 0. The molecule has 0 heterocycles. The average molecular weight is 1450 g/mol. The van der Waals surface area contributed by atoms with Gasteiger partial charge in [-0.05, 0) is 0 Å². The van der Waals surface area contributed by atoms with Crippen LogP contribution in [0.3, 0.4) is 0 Å². The van der Waals surface area contributed by atoms with Crippen LogP contribution in [0, 0.1) is 0 Å². The molecule has 0 aliphatic heterocycles. The molecule has 0 bridgehead atoms. The fourth-order valence-electron chi connectivity index (χ4n) is 0. The SMILES string of the molecule is [Bi+3].[Bi+3].[Cu+2].[Cu+2].[O]=[Ru](=[O])(=[O])([O-])[O-].[O]=[Ru](=[O])(=[O])([O-])[O-].[O]=[Ru](=[O])(=[O])([O-])[O-].[O]=[Ru](=[O])(=[O])([O-])[O-].[O]=[Ru](=[O])(=[O])([O-])[O-]. The Morgan fingerprint density at radius 3 is 0.235 bits per heavy atom. The summed E-state index contributed by atoms with van der Waals surface area (Å²) in [6.45, 7) is 0. The number of rotatable bonds is 0. The summed E-state index contributed by atoms with van der Waals surface area (Å²) in [5, 5.41) is 0. The first-order valence-electron chi connectivity index (χ1n) is 3.61. The molecule has 6 radical (unpaired) electrons. The zero-order valence-corrected chi connectivity index (χ0v) is 31.0. The van der Waals surface area contributed by atoms with Crippen LogP contribution in [0.1, 0.15) is 0 Å². The molecule has 0 aliphatic rings. The van der Waals surface area contributed by atoms with Crippen LogP contribution in [-0.4, -0.2) is 52.4 Å². The van der Waals surface area contributed by atoms with Crippen molar-refractivity contribution in [1.29, 1.82) is 0 Å². The van der Waals surface area contributed by atoms with Gasteiger partial charge in [-0.25, -0.2) is 0 Å². The molecule has 0 saturated heterocycles. The van der Waals surface area contributed by atoms with Crippen LogP contribution in [0.15, 0.2) is 0 Å². The molecular weight excluding hydrogens is 1450 g/mol. The van der Waals surface area contributed by atoms with Gasteiger partial charge < -0.3 is 0 Å². The van der Waals surface area contributed by atoms with E-state index in [2.05, 4.69) is 0 Å². The van der Waals surface area contributed by atoms with Crippen LogP contribution in [0.25, 0.3) is 0 Å². The van der Waals surface area contributed by atoms with E-state index in [4.69, 9.17) is 92.9 Å². The van der Waals surface area contributed by atoms with Crippen molar-refractivity contribution in [3.8, 4) is 0 Å². The Morgan fingerprint density at radius 1 is 0.235 bits per heavy atom. The molecule has 0 saturated carbocycles. The van der Waals surface area contributed by atoms with Crippen LogP contribution in [-0.2, 0) is 159 Å². The van der Waals surface area contributed by atoms with Crippen molar-refractivity contribution < 1.29 is 198 Å². The van der Waals surface area contributed by atoms with E-state index >= 15 is 0 Å². The van der Waals surface area contributed by atoms with E-state index in [0.717, 1.165) is 0 Å². The van der Waals surface area contributed by atoms with Gasteiger partial charge in [0.2, 0.25) is 0 Å². The second kappa shape index (κ2) is 15.3. The maximum atomic E-state index is 8.64. The molecule has 0 aromatic rings. The molecule has 0 aromatic carbocycles. The molecule has 222 valence electrons. The summed E-state index contributed by atoms with van der Waals surface area (Å²) in [5.74, 6) is 0. The molecule has 0 fully saturated rings. The molecule has 0 atom stereocenters. The van der Waals surface area contributed by atoms with E-state index in [1.54, 1.807) is 0 Å². The fraction of sp³-hybridized carbons (Fsp3) is 0. The predicted octanol–water partition coefficient (Wildman–Crippen LogP) is -14.5. The van der Waals surface area contributed by atoms with Crippen LogP contribution < -0.4 is 39.3 Å². The summed E-state index contributed by atoms with van der Waals surface area (Å²) in [5.41, 5.74) is 0. The van der Waals surface area contributed by atoms with Gasteiger partial charge in [-0.1, -0.05) is 0 Å². The monoisotopic (exact) mass is 1450 g/mol. The minimum absolute atomic E-state index is 0. The van der Waals surface area contributed by atoms with Crippen LogP contribution >= 0.6 is 0 Å². The number of hydrogen-bond acceptors (Lipinski definition) is 25. The third kappa shape index (κ3) is 6100. The van der Waals surface area contributed by atoms with Crippen LogP contribution in [0.5, 0.6) is 0 Å². The Balaban J connectivity index is -0.0000000319. The zero-order valence-electron chi connectivity index (χ0n) is 13.5. The van der Waals surface area contributed by atoms with Crippen molar-refractivity contribution >= 4 is 52.4 Å². The zero-order chi connectivity index (χ0) is 27.2.